The molecule has 1 fully saturated rings. The van der Waals surface area contributed by atoms with Crippen molar-refractivity contribution in [2.75, 3.05) is 10.8 Å². The molecular weight excluding hydrogens is 593 g/mol. The maximum absolute atomic E-state index is 14.2. The minimum Gasteiger partial charge on any atom is -0.352 e. The topological polar surface area (TPSA) is 86.8 Å². The van der Waals surface area contributed by atoms with Crippen molar-refractivity contribution >= 4 is 50.7 Å². The summed E-state index contributed by atoms with van der Waals surface area (Å²) in [7, 11) is -4.15. The van der Waals surface area contributed by atoms with E-state index in [9.17, 15) is 18.0 Å². The van der Waals surface area contributed by atoms with Gasteiger partial charge in [0, 0.05) is 22.6 Å². The molecule has 224 valence electrons. The highest BCUT2D eigenvalue weighted by molar-refractivity contribution is 7.92. The van der Waals surface area contributed by atoms with Crippen molar-refractivity contribution in [3.05, 3.63) is 94.0 Å². The predicted molar refractivity (Wildman–Crippen MR) is 168 cm³/mol. The van der Waals surface area contributed by atoms with Gasteiger partial charge in [0.15, 0.2) is 0 Å². The quantitative estimate of drug-likeness (QED) is 0.254. The number of benzene rings is 3. The van der Waals surface area contributed by atoms with Crippen LogP contribution in [-0.2, 0) is 26.2 Å². The molecule has 3 aromatic rings. The molecule has 0 radical (unpaired) electrons. The van der Waals surface area contributed by atoms with E-state index in [2.05, 4.69) is 5.32 Å². The van der Waals surface area contributed by atoms with E-state index in [1.165, 1.54) is 17.0 Å². The smallest absolute Gasteiger partial charge is 0.264 e. The van der Waals surface area contributed by atoms with Gasteiger partial charge in [-0.3, -0.25) is 13.9 Å². The third-order valence-corrected chi connectivity index (χ3v) is 9.90. The molecule has 0 unspecified atom stereocenters. The summed E-state index contributed by atoms with van der Waals surface area (Å²) in [6, 6.07) is 19.2. The Balaban J connectivity index is 1.72. The largest absolute Gasteiger partial charge is 0.352 e. The van der Waals surface area contributed by atoms with Crippen molar-refractivity contribution < 1.29 is 18.0 Å². The lowest BCUT2D eigenvalue weighted by molar-refractivity contribution is -0.140. The fourth-order valence-corrected chi connectivity index (χ4v) is 7.23. The average molecular weight is 631 g/mol. The second-order valence-electron chi connectivity index (χ2n) is 10.7. The molecule has 10 heteroatoms. The van der Waals surface area contributed by atoms with E-state index >= 15 is 0 Å². The number of anilines is 1. The molecule has 0 heterocycles. The molecule has 3 aromatic carbocycles. The Labute approximate surface area is 258 Å². The molecule has 0 aromatic heterocycles. The Morgan fingerprint density at radius 2 is 1.57 bits per heavy atom. The average Bonchev–Trinajstić information content (AvgIpc) is 2.98. The minimum atomic E-state index is -4.15. The number of carbonyl (C=O) groups excluding carboxylic acids is 2. The Hall–Kier alpha value is -3.07. The number of nitrogens with zero attached hydrogens (tertiary/aromatic N) is 2. The van der Waals surface area contributed by atoms with Gasteiger partial charge in [-0.05, 0) is 79.8 Å². The van der Waals surface area contributed by atoms with Crippen LogP contribution in [0.1, 0.15) is 56.6 Å². The summed E-state index contributed by atoms with van der Waals surface area (Å²) >= 11 is 12.3. The molecule has 0 bridgehead atoms. The van der Waals surface area contributed by atoms with Crippen LogP contribution in [0, 0.1) is 6.92 Å². The Bertz CT molecular complexity index is 1480. The van der Waals surface area contributed by atoms with E-state index in [1.54, 1.807) is 67.6 Å². The summed E-state index contributed by atoms with van der Waals surface area (Å²) in [6.45, 7) is 3.22. The van der Waals surface area contributed by atoms with Gasteiger partial charge in [-0.2, -0.15) is 0 Å². The standard InChI is InChI=1S/C32H37Cl2N3O4S/c1-3-29(32(39)35-27-10-6-4-7-11-27)36(21-24-14-16-25(33)17-15-24)31(38)22-37(30-19-18-26(34)20-23(30)2)42(40,41)28-12-8-5-9-13-28/h5,8-9,12-20,27,29H,3-4,6-7,10-11,21-22H2,1-2H3,(H,35,39)/t29-/m1/s1. The fourth-order valence-electron chi connectivity index (χ4n) is 5.38. The van der Waals surface area contributed by atoms with Crippen molar-refractivity contribution in [3.8, 4) is 0 Å². The van der Waals surface area contributed by atoms with Crippen LogP contribution < -0.4 is 9.62 Å². The number of halogens is 2. The molecule has 1 saturated carbocycles. The number of aryl methyl sites for hydroxylation is 1. The lowest BCUT2D eigenvalue weighted by Gasteiger charge is -2.34. The van der Waals surface area contributed by atoms with Gasteiger partial charge < -0.3 is 10.2 Å². The lowest BCUT2D eigenvalue weighted by atomic mass is 9.95. The molecule has 2 amide bonds. The van der Waals surface area contributed by atoms with Crippen molar-refractivity contribution in [3.63, 3.8) is 0 Å². The molecule has 0 aliphatic heterocycles. The van der Waals surface area contributed by atoms with Gasteiger partial charge in [-0.25, -0.2) is 8.42 Å². The second kappa shape index (κ2) is 14.4. The van der Waals surface area contributed by atoms with Gasteiger partial charge >= 0.3 is 0 Å². The third-order valence-electron chi connectivity index (χ3n) is 7.64. The van der Waals surface area contributed by atoms with Gasteiger partial charge in [0.2, 0.25) is 11.8 Å². The lowest BCUT2D eigenvalue weighted by Crippen LogP contribution is -2.54. The first-order valence-corrected chi connectivity index (χ1v) is 16.5. The molecule has 42 heavy (non-hydrogen) atoms. The van der Waals surface area contributed by atoms with Crippen molar-refractivity contribution in [2.45, 2.75) is 75.9 Å². The van der Waals surface area contributed by atoms with E-state index in [0.717, 1.165) is 42.0 Å². The molecule has 1 aliphatic carbocycles. The number of nitrogens with one attached hydrogen (secondary N) is 1. The van der Waals surface area contributed by atoms with Crippen molar-refractivity contribution in [2.24, 2.45) is 0 Å². The normalized spacial score (nSPS) is 14.7. The Morgan fingerprint density at radius 1 is 0.929 bits per heavy atom. The van der Waals surface area contributed by atoms with Gasteiger partial charge in [0.05, 0.1) is 10.6 Å². The van der Waals surface area contributed by atoms with Gasteiger partial charge in [-0.1, -0.05) is 79.7 Å². The minimum absolute atomic E-state index is 0.0542. The summed E-state index contributed by atoms with van der Waals surface area (Å²) in [4.78, 5) is 29.4. The number of carbonyl (C=O) groups is 2. The molecule has 1 N–H and O–H groups in total. The van der Waals surface area contributed by atoms with Crippen molar-refractivity contribution in [1.29, 1.82) is 0 Å². The van der Waals surface area contributed by atoms with Crippen LogP contribution in [0.2, 0.25) is 10.0 Å². The highest BCUT2D eigenvalue weighted by Gasteiger charge is 2.34. The molecular formula is C32H37Cl2N3O4S. The summed E-state index contributed by atoms with van der Waals surface area (Å²) in [5.41, 5.74) is 1.71. The van der Waals surface area contributed by atoms with Crippen LogP contribution in [0.3, 0.4) is 0 Å². The van der Waals surface area contributed by atoms with Crippen LogP contribution in [0.4, 0.5) is 5.69 Å². The summed E-state index contributed by atoms with van der Waals surface area (Å²) in [5, 5.41) is 4.16. The van der Waals surface area contributed by atoms with E-state index in [4.69, 9.17) is 23.2 Å². The first kappa shape index (κ1) is 31.9. The summed E-state index contributed by atoms with van der Waals surface area (Å²) < 4.78 is 29.1. The molecule has 0 saturated heterocycles. The second-order valence-corrected chi connectivity index (χ2v) is 13.4. The Kier molecular flexibility index (Phi) is 10.9. The molecule has 4 rings (SSSR count). The van der Waals surface area contributed by atoms with Gasteiger partial charge in [0.25, 0.3) is 10.0 Å². The van der Waals surface area contributed by atoms with Crippen molar-refractivity contribution in [1.82, 2.24) is 10.2 Å². The van der Waals surface area contributed by atoms with Crippen LogP contribution in [-0.4, -0.2) is 43.8 Å². The Morgan fingerprint density at radius 3 is 2.19 bits per heavy atom. The van der Waals surface area contributed by atoms with E-state index in [1.807, 2.05) is 6.92 Å². The maximum Gasteiger partial charge on any atom is 0.264 e. The molecule has 1 aliphatic rings. The van der Waals surface area contributed by atoms with Crippen LogP contribution in [0.5, 0.6) is 0 Å². The number of amides is 2. The molecule has 7 nitrogen and oxygen atoms in total. The molecule has 0 spiro atoms. The first-order chi connectivity index (χ1) is 20.1. The fraction of sp³-hybridized carbons (Fsp3) is 0.375. The van der Waals surface area contributed by atoms with Gasteiger partial charge in [0.1, 0.15) is 12.6 Å². The number of hydrogen-bond donors (Lipinski definition) is 1. The number of sulfonamides is 1. The summed E-state index contributed by atoms with van der Waals surface area (Å²) in [5.74, 6) is -0.726. The highest BCUT2D eigenvalue weighted by atomic mass is 35.5. The number of hydrogen-bond acceptors (Lipinski definition) is 4. The maximum atomic E-state index is 14.2. The zero-order valence-electron chi connectivity index (χ0n) is 23.9. The first-order valence-electron chi connectivity index (χ1n) is 14.3. The predicted octanol–water partition coefficient (Wildman–Crippen LogP) is 6.75. The van der Waals surface area contributed by atoms with E-state index < -0.39 is 28.5 Å². The van der Waals surface area contributed by atoms with Crippen LogP contribution in [0.25, 0.3) is 0 Å². The summed E-state index contributed by atoms with van der Waals surface area (Å²) in [6.07, 6.45) is 5.45. The van der Waals surface area contributed by atoms with Gasteiger partial charge in [-0.15, -0.1) is 0 Å². The SMILES string of the molecule is CC[C@H](C(=O)NC1CCCCC1)N(Cc1ccc(Cl)cc1)C(=O)CN(c1ccc(Cl)cc1C)S(=O)(=O)c1ccccc1. The molecule has 1 atom stereocenters. The zero-order valence-corrected chi connectivity index (χ0v) is 26.3. The monoisotopic (exact) mass is 629 g/mol. The van der Waals surface area contributed by atoms with E-state index in [-0.39, 0.29) is 23.4 Å². The van der Waals surface area contributed by atoms with Crippen LogP contribution in [0.15, 0.2) is 77.7 Å². The zero-order chi connectivity index (χ0) is 30.3. The number of rotatable bonds is 11. The van der Waals surface area contributed by atoms with E-state index in [0.29, 0.717) is 27.7 Å². The highest BCUT2D eigenvalue weighted by Crippen LogP contribution is 2.30. The third kappa shape index (κ3) is 7.85. The van der Waals surface area contributed by atoms with Crippen LogP contribution >= 0.6 is 23.2 Å².